The molecule has 9 heteroatoms. The van der Waals surface area contributed by atoms with Gasteiger partial charge in [0.05, 0.1) is 23.9 Å². The summed E-state index contributed by atoms with van der Waals surface area (Å²) in [6.07, 6.45) is -0.156. The number of aromatic hydroxyl groups is 1. The van der Waals surface area contributed by atoms with Gasteiger partial charge in [0.1, 0.15) is 11.5 Å². The first kappa shape index (κ1) is 22.7. The van der Waals surface area contributed by atoms with Crippen LogP contribution in [0.1, 0.15) is 37.9 Å². The lowest BCUT2D eigenvalue weighted by molar-refractivity contribution is -0.141. The summed E-state index contributed by atoms with van der Waals surface area (Å²) in [7, 11) is 0. The summed E-state index contributed by atoms with van der Waals surface area (Å²) < 4.78 is 44.5. The molecule has 0 spiro atoms. The Morgan fingerprint density at radius 2 is 2.17 bits per heavy atom. The standard InChI is InChI=1S/C21H21F3N4O2/c1-4-5-8-30-17-7-6-15(16-10-18(28-27-16)21(22,23)24)20(29)19(17)14(12-26-3)9-13(2)11-25/h6-7,9-10,12,29H,3-5,8H2,1-2H3,(H,27,28)/b13-9+,14-12+. The SMILES string of the molecule is C=N/C=C(\C=C(/C)C#N)c1c(OCCCC)ccc(-c2cc(C(F)(F)F)n[nH]2)c1O. The highest BCUT2D eigenvalue weighted by Gasteiger charge is 2.34. The minimum absolute atomic E-state index is 0.0203. The van der Waals surface area contributed by atoms with Gasteiger partial charge in [0.25, 0.3) is 0 Å². The second-order valence-corrected chi connectivity index (χ2v) is 6.41. The van der Waals surface area contributed by atoms with E-state index in [4.69, 9.17) is 10.00 Å². The summed E-state index contributed by atoms with van der Waals surface area (Å²) in [5.74, 6) is -0.0320. The second kappa shape index (κ2) is 9.78. The highest BCUT2D eigenvalue weighted by molar-refractivity contribution is 5.87. The van der Waals surface area contributed by atoms with Crippen LogP contribution >= 0.6 is 0 Å². The minimum Gasteiger partial charge on any atom is -0.506 e. The third kappa shape index (κ3) is 5.29. The normalized spacial score (nSPS) is 12.5. The van der Waals surface area contributed by atoms with E-state index >= 15 is 0 Å². The highest BCUT2D eigenvalue weighted by Crippen LogP contribution is 2.42. The van der Waals surface area contributed by atoms with Gasteiger partial charge in [0.2, 0.25) is 0 Å². The molecule has 0 amide bonds. The number of benzene rings is 1. The maximum Gasteiger partial charge on any atom is 0.435 e. The summed E-state index contributed by atoms with van der Waals surface area (Å²) >= 11 is 0. The molecule has 0 aliphatic heterocycles. The Morgan fingerprint density at radius 3 is 2.73 bits per heavy atom. The first-order valence-electron chi connectivity index (χ1n) is 9.09. The summed E-state index contributed by atoms with van der Waals surface area (Å²) in [4.78, 5) is 3.72. The number of hydrogen-bond donors (Lipinski definition) is 2. The monoisotopic (exact) mass is 418 g/mol. The van der Waals surface area contributed by atoms with Crippen LogP contribution in [-0.2, 0) is 6.18 Å². The number of halogens is 3. The molecule has 0 bridgehead atoms. The molecule has 30 heavy (non-hydrogen) atoms. The first-order chi connectivity index (χ1) is 14.2. The van der Waals surface area contributed by atoms with Crippen LogP contribution in [0.3, 0.4) is 0 Å². The zero-order valence-electron chi connectivity index (χ0n) is 16.5. The first-order valence-corrected chi connectivity index (χ1v) is 9.09. The Morgan fingerprint density at radius 1 is 1.43 bits per heavy atom. The Labute approximate surface area is 172 Å². The molecule has 2 rings (SSSR count). The van der Waals surface area contributed by atoms with Crippen LogP contribution in [0, 0.1) is 11.3 Å². The van der Waals surface area contributed by atoms with Crippen LogP contribution in [0.5, 0.6) is 11.5 Å². The van der Waals surface area contributed by atoms with Crippen molar-refractivity contribution in [1.82, 2.24) is 10.2 Å². The number of allylic oxidation sites excluding steroid dienone is 3. The van der Waals surface area contributed by atoms with Crippen LogP contribution < -0.4 is 4.74 Å². The summed E-state index contributed by atoms with van der Waals surface area (Å²) in [5, 5.41) is 25.6. The number of nitrogens with zero attached hydrogens (tertiary/aromatic N) is 3. The van der Waals surface area contributed by atoms with Crippen LogP contribution in [0.15, 0.2) is 41.0 Å². The van der Waals surface area contributed by atoms with Crippen LogP contribution in [0.4, 0.5) is 13.2 Å². The number of phenolic OH excluding ortho intramolecular Hbond substituents is 1. The van der Waals surface area contributed by atoms with Crippen molar-refractivity contribution in [3.63, 3.8) is 0 Å². The van der Waals surface area contributed by atoms with Crippen LogP contribution in [-0.4, -0.2) is 28.6 Å². The van der Waals surface area contributed by atoms with Crippen molar-refractivity contribution in [2.24, 2.45) is 4.99 Å². The smallest absolute Gasteiger partial charge is 0.435 e. The van der Waals surface area contributed by atoms with E-state index in [1.807, 2.05) is 13.0 Å². The van der Waals surface area contributed by atoms with Gasteiger partial charge in [-0.1, -0.05) is 13.3 Å². The van der Waals surface area contributed by atoms with Gasteiger partial charge in [-0.2, -0.15) is 23.5 Å². The molecule has 0 aliphatic carbocycles. The van der Waals surface area contributed by atoms with Gasteiger partial charge in [-0.25, -0.2) is 0 Å². The summed E-state index contributed by atoms with van der Waals surface area (Å²) in [5.41, 5.74) is -0.193. The van der Waals surface area contributed by atoms with Crippen LogP contribution in [0.2, 0.25) is 0 Å². The molecule has 0 radical (unpaired) electrons. The minimum atomic E-state index is -4.62. The number of aliphatic imine (C=N–C) groups is 1. The number of alkyl halides is 3. The fraction of sp³-hybridized carbons (Fsp3) is 0.286. The van der Waals surface area contributed by atoms with Gasteiger partial charge in [-0.15, -0.1) is 0 Å². The molecule has 2 aromatic rings. The molecule has 0 atom stereocenters. The number of rotatable bonds is 8. The number of ether oxygens (including phenoxy) is 1. The fourth-order valence-electron chi connectivity index (χ4n) is 2.66. The zero-order valence-corrected chi connectivity index (χ0v) is 16.5. The van der Waals surface area contributed by atoms with Gasteiger partial charge >= 0.3 is 6.18 Å². The molecule has 1 heterocycles. The van der Waals surface area contributed by atoms with Crippen molar-refractivity contribution in [1.29, 1.82) is 5.26 Å². The summed E-state index contributed by atoms with van der Waals surface area (Å²) in [6.45, 7) is 7.34. The second-order valence-electron chi connectivity index (χ2n) is 6.41. The number of H-pyrrole nitrogens is 1. The van der Waals surface area contributed by atoms with E-state index in [1.54, 1.807) is 13.0 Å². The Balaban J connectivity index is 2.67. The van der Waals surface area contributed by atoms with Gasteiger partial charge in [0.15, 0.2) is 5.69 Å². The number of unbranched alkanes of at least 4 members (excludes halogenated alkanes) is 1. The molecular weight excluding hydrogens is 397 g/mol. The fourth-order valence-corrected chi connectivity index (χ4v) is 2.66. The topological polar surface area (TPSA) is 94.3 Å². The Hall–Kier alpha value is -3.54. The average molecular weight is 418 g/mol. The van der Waals surface area contributed by atoms with E-state index in [0.717, 1.165) is 18.9 Å². The van der Waals surface area contributed by atoms with E-state index in [9.17, 15) is 18.3 Å². The molecular formula is C21H21F3N4O2. The predicted octanol–water partition coefficient (Wildman–Crippen LogP) is 5.49. The lowest BCUT2D eigenvalue weighted by Gasteiger charge is -2.16. The molecule has 0 aliphatic rings. The van der Waals surface area contributed by atoms with Crippen molar-refractivity contribution < 1.29 is 23.0 Å². The number of aromatic nitrogens is 2. The van der Waals surface area contributed by atoms with Crippen molar-refractivity contribution in [2.45, 2.75) is 32.9 Å². The Bertz CT molecular complexity index is 1010. The largest absolute Gasteiger partial charge is 0.506 e. The number of hydrogen-bond acceptors (Lipinski definition) is 5. The maximum absolute atomic E-state index is 12.9. The molecule has 1 aromatic carbocycles. The lowest BCUT2D eigenvalue weighted by atomic mass is 9.97. The van der Waals surface area contributed by atoms with Crippen molar-refractivity contribution >= 4 is 12.3 Å². The maximum atomic E-state index is 12.9. The molecule has 158 valence electrons. The average Bonchev–Trinajstić information content (AvgIpc) is 3.18. The van der Waals surface area contributed by atoms with E-state index in [2.05, 4.69) is 21.9 Å². The van der Waals surface area contributed by atoms with Gasteiger partial charge in [-0.3, -0.25) is 10.1 Å². The number of aromatic amines is 1. The molecule has 0 unspecified atom stereocenters. The molecule has 0 saturated carbocycles. The zero-order chi connectivity index (χ0) is 22.3. The van der Waals surface area contributed by atoms with E-state index in [0.29, 0.717) is 23.5 Å². The van der Waals surface area contributed by atoms with E-state index < -0.39 is 11.9 Å². The summed E-state index contributed by atoms with van der Waals surface area (Å²) in [6, 6.07) is 5.76. The molecule has 1 aromatic heterocycles. The predicted molar refractivity (Wildman–Crippen MR) is 108 cm³/mol. The number of nitrogens with one attached hydrogen (secondary N) is 1. The third-order valence-corrected chi connectivity index (χ3v) is 4.12. The molecule has 2 N–H and O–H groups in total. The van der Waals surface area contributed by atoms with Gasteiger partial charge in [0, 0.05) is 22.9 Å². The third-order valence-electron chi connectivity index (χ3n) is 4.12. The lowest BCUT2D eigenvalue weighted by Crippen LogP contribution is -2.04. The quantitative estimate of drug-likeness (QED) is 0.256. The molecule has 6 nitrogen and oxygen atoms in total. The van der Waals surface area contributed by atoms with Crippen LogP contribution in [0.25, 0.3) is 16.8 Å². The number of phenols is 1. The molecule has 0 fully saturated rings. The van der Waals surface area contributed by atoms with E-state index in [-0.39, 0.29) is 22.6 Å². The van der Waals surface area contributed by atoms with Gasteiger partial charge < -0.3 is 9.84 Å². The molecule has 0 saturated heterocycles. The van der Waals surface area contributed by atoms with Crippen molar-refractivity contribution in [3.05, 3.63) is 47.3 Å². The van der Waals surface area contributed by atoms with Gasteiger partial charge in [-0.05, 0) is 44.3 Å². The van der Waals surface area contributed by atoms with E-state index in [1.165, 1.54) is 18.3 Å². The number of nitriles is 1. The highest BCUT2D eigenvalue weighted by atomic mass is 19.4. The Kier molecular flexibility index (Phi) is 7.42. The van der Waals surface area contributed by atoms with Crippen molar-refractivity contribution in [3.8, 4) is 28.8 Å². The van der Waals surface area contributed by atoms with Crippen molar-refractivity contribution in [2.75, 3.05) is 6.61 Å².